The number of thioether (sulfide) groups is 2. The van der Waals surface area contributed by atoms with Crippen molar-refractivity contribution in [1.29, 1.82) is 0 Å². The van der Waals surface area contributed by atoms with Gasteiger partial charge in [0.1, 0.15) is 5.69 Å². The number of nitrogens with zero attached hydrogens (tertiary/aromatic N) is 1. The number of halogens is 4. The van der Waals surface area contributed by atoms with E-state index >= 15 is 0 Å². The Hall–Kier alpha value is -3.70. The van der Waals surface area contributed by atoms with Gasteiger partial charge in [-0.25, -0.2) is 22.4 Å². The van der Waals surface area contributed by atoms with Crippen molar-refractivity contribution < 1.29 is 27.2 Å². The van der Waals surface area contributed by atoms with E-state index in [-0.39, 0.29) is 29.1 Å². The predicted molar refractivity (Wildman–Crippen MR) is 142 cm³/mol. The SMILES string of the molecule is O=C(CSc1cccc(NC(=O)N2c3ccccc3SC3C=CC=CC32)c1)Nc1c(F)c(F)cc(F)c1F. The number of allylic oxidation sites excluding steroid dienone is 2. The minimum Gasteiger partial charge on any atom is -0.320 e. The summed E-state index contributed by atoms with van der Waals surface area (Å²) in [7, 11) is 0. The Bertz CT molecular complexity index is 1450. The van der Waals surface area contributed by atoms with Crippen molar-refractivity contribution in [2.75, 3.05) is 21.3 Å². The largest absolute Gasteiger partial charge is 0.326 e. The Morgan fingerprint density at radius 1 is 0.895 bits per heavy atom. The van der Waals surface area contributed by atoms with Gasteiger partial charge in [-0.3, -0.25) is 9.69 Å². The number of carbonyl (C=O) groups is 2. The smallest absolute Gasteiger partial charge is 0.320 e. The summed E-state index contributed by atoms with van der Waals surface area (Å²) >= 11 is 2.71. The molecule has 0 bridgehead atoms. The lowest BCUT2D eigenvalue weighted by molar-refractivity contribution is -0.113. The molecule has 3 amide bonds. The lowest BCUT2D eigenvalue weighted by Gasteiger charge is -2.40. The quantitative estimate of drug-likeness (QED) is 0.202. The second kappa shape index (κ2) is 11.0. The van der Waals surface area contributed by atoms with E-state index in [2.05, 4.69) is 11.4 Å². The Kier molecular flexibility index (Phi) is 7.48. The summed E-state index contributed by atoms with van der Waals surface area (Å²) in [5.41, 5.74) is 0.0953. The first-order valence-corrected chi connectivity index (χ1v) is 13.2. The van der Waals surface area contributed by atoms with Gasteiger partial charge in [-0.2, -0.15) is 0 Å². The van der Waals surface area contributed by atoms with Gasteiger partial charge in [0.25, 0.3) is 0 Å². The molecule has 1 aliphatic carbocycles. The summed E-state index contributed by atoms with van der Waals surface area (Å²) in [5.74, 6) is -7.76. The number of amides is 3. The molecule has 5 nitrogen and oxygen atoms in total. The molecule has 3 aromatic carbocycles. The molecule has 3 aromatic rings. The molecule has 0 radical (unpaired) electrons. The second-order valence-electron chi connectivity index (χ2n) is 8.32. The van der Waals surface area contributed by atoms with E-state index in [1.807, 2.05) is 47.8 Å². The zero-order chi connectivity index (χ0) is 26.8. The molecule has 1 heterocycles. The van der Waals surface area contributed by atoms with Gasteiger partial charge in [0.2, 0.25) is 5.91 Å². The molecule has 0 aromatic heterocycles. The number of para-hydroxylation sites is 1. The Labute approximate surface area is 224 Å². The molecule has 38 heavy (non-hydrogen) atoms. The standard InChI is InChI=1S/C27H19F4N3O2S2/c28-17-13-18(29)25(31)26(24(17)30)33-23(35)14-37-16-7-5-6-15(12-16)32-27(36)34-19-8-1-3-10-21(19)38-22-11-4-2-9-20(22)34/h1-13,19,21H,14H2,(H,32,36)(H,33,35). The normalized spacial score (nSPS) is 17.5. The van der Waals surface area contributed by atoms with Gasteiger partial charge in [0, 0.05) is 21.5 Å². The summed E-state index contributed by atoms with van der Waals surface area (Å²) in [6.45, 7) is 0. The summed E-state index contributed by atoms with van der Waals surface area (Å²) in [4.78, 5) is 28.9. The van der Waals surface area contributed by atoms with Crippen molar-refractivity contribution in [3.63, 3.8) is 0 Å². The number of hydrogen-bond donors (Lipinski definition) is 2. The lowest BCUT2D eigenvalue weighted by atomic mass is 10.1. The molecule has 2 unspecified atom stereocenters. The molecular formula is C27H19F4N3O2S2. The van der Waals surface area contributed by atoms with E-state index in [9.17, 15) is 27.2 Å². The average Bonchev–Trinajstić information content (AvgIpc) is 2.92. The number of carbonyl (C=O) groups excluding carboxylic acids is 2. The summed E-state index contributed by atoms with van der Waals surface area (Å²) in [6, 6.07) is 14.0. The fourth-order valence-electron chi connectivity index (χ4n) is 4.08. The summed E-state index contributed by atoms with van der Waals surface area (Å²) in [5, 5.41) is 4.85. The maximum atomic E-state index is 13.8. The highest BCUT2D eigenvalue weighted by atomic mass is 32.2. The van der Waals surface area contributed by atoms with Crippen LogP contribution < -0.4 is 15.5 Å². The Morgan fingerprint density at radius 2 is 1.63 bits per heavy atom. The molecule has 0 fully saturated rings. The number of fused-ring (bicyclic) bond motifs is 2. The Morgan fingerprint density at radius 3 is 2.42 bits per heavy atom. The third-order valence-corrected chi connectivity index (χ3v) is 8.09. The van der Waals surface area contributed by atoms with Crippen molar-refractivity contribution in [2.45, 2.75) is 21.1 Å². The minimum atomic E-state index is -1.69. The predicted octanol–water partition coefficient (Wildman–Crippen LogP) is 6.98. The van der Waals surface area contributed by atoms with Gasteiger partial charge < -0.3 is 10.6 Å². The monoisotopic (exact) mass is 557 g/mol. The van der Waals surface area contributed by atoms with E-state index in [1.165, 1.54) is 0 Å². The number of hydrogen-bond acceptors (Lipinski definition) is 4. The van der Waals surface area contributed by atoms with E-state index in [0.717, 1.165) is 22.3 Å². The van der Waals surface area contributed by atoms with Crippen LogP contribution in [0.3, 0.4) is 0 Å². The molecule has 0 saturated heterocycles. The molecule has 0 saturated carbocycles. The number of nitrogens with one attached hydrogen (secondary N) is 2. The van der Waals surface area contributed by atoms with E-state index in [4.69, 9.17) is 0 Å². The van der Waals surface area contributed by atoms with Crippen LogP contribution in [0.5, 0.6) is 0 Å². The maximum absolute atomic E-state index is 13.8. The van der Waals surface area contributed by atoms with Gasteiger partial charge in [0.15, 0.2) is 23.3 Å². The van der Waals surface area contributed by atoms with E-state index in [1.54, 1.807) is 40.9 Å². The fourth-order valence-corrected chi connectivity index (χ4v) is 6.09. The lowest BCUT2D eigenvalue weighted by Crippen LogP contribution is -2.49. The van der Waals surface area contributed by atoms with E-state index in [0.29, 0.717) is 10.6 Å². The topological polar surface area (TPSA) is 61.4 Å². The number of urea groups is 1. The highest BCUT2D eigenvalue weighted by Crippen LogP contribution is 2.43. The third kappa shape index (κ3) is 5.30. The van der Waals surface area contributed by atoms with Gasteiger partial charge >= 0.3 is 6.03 Å². The maximum Gasteiger partial charge on any atom is 0.326 e. The molecule has 2 atom stereocenters. The van der Waals surface area contributed by atoms with Crippen molar-refractivity contribution in [3.05, 3.63) is 102 Å². The first kappa shape index (κ1) is 25.9. The molecule has 5 rings (SSSR count). The molecule has 2 aliphatic rings. The van der Waals surface area contributed by atoms with Crippen LogP contribution in [0.25, 0.3) is 0 Å². The van der Waals surface area contributed by atoms with E-state index < -0.39 is 34.9 Å². The van der Waals surface area contributed by atoms with Gasteiger partial charge in [0.05, 0.1) is 22.7 Å². The number of rotatable bonds is 5. The summed E-state index contributed by atoms with van der Waals surface area (Å²) in [6.07, 6.45) is 7.91. The molecular weight excluding hydrogens is 538 g/mol. The average molecular weight is 558 g/mol. The van der Waals surface area contributed by atoms with Gasteiger partial charge in [-0.15, -0.1) is 23.5 Å². The third-order valence-electron chi connectivity index (χ3n) is 5.79. The van der Waals surface area contributed by atoms with Crippen LogP contribution in [0, 0.1) is 23.3 Å². The number of anilines is 3. The first-order chi connectivity index (χ1) is 18.3. The highest BCUT2D eigenvalue weighted by Gasteiger charge is 2.36. The highest BCUT2D eigenvalue weighted by molar-refractivity contribution is 8.00. The molecule has 11 heteroatoms. The van der Waals surface area contributed by atoms with Crippen molar-refractivity contribution in [1.82, 2.24) is 0 Å². The van der Waals surface area contributed by atoms with Crippen molar-refractivity contribution in [2.24, 2.45) is 0 Å². The van der Waals surface area contributed by atoms with Crippen LogP contribution in [0.2, 0.25) is 0 Å². The Balaban J connectivity index is 1.27. The van der Waals surface area contributed by atoms with Crippen LogP contribution in [-0.4, -0.2) is 29.0 Å². The van der Waals surface area contributed by atoms with Gasteiger partial charge in [-0.1, -0.05) is 42.5 Å². The second-order valence-corrected chi connectivity index (χ2v) is 10.6. The minimum absolute atomic E-state index is 0.0671. The van der Waals surface area contributed by atoms with Crippen LogP contribution in [0.1, 0.15) is 0 Å². The van der Waals surface area contributed by atoms with Crippen molar-refractivity contribution in [3.8, 4) is 0 Å². The number of benzene rings is 3. The summed E-state index contributed by atoms with van der Waals surface area (Å²) < 4.78 is 54.5. The van der Waals surface area contributed by atoms with Crippen LogP contribution in [0.4, 0.5) is 39.4 Å². The van der Waals surface area contributed by atoms with Gasteiger partial charge in [-0.05, 0) is 30.3 Å². The molecule has 2 N–H and O–H groups in total. The first-order valence-electron chi connectivity index (χ1n) is 11.4. The zero-order valence-corrected chi connectivity index (χ0v) is 21.1. The fraction of sp³-hybridized carbons (Fsp3) is 0.111. The molecule has 1 aliphatic heterocycles. The van der Waals surface area contributed by atoms with Crippen LogP contribution >= 0.6 is 23.5 Å². The molecule has 0 spiro atoms. The van der Waals surface area contributed by atoms with Crippen LogP contribution in [0.15, 0.2) is 88.7 Å². The van der Waals surface area contributed by atoms with Crippen molar-refractivity contribution >= 4 is 52.5 Å². The molecule has 194 valence electrons. The zero-order valence-electron chi connectivity index (χ0n) is 19.5. The van der Waals surface area contributed by atoms with Crippen LogP contribution in [-0.2, 0) is 4.79 Å².